The summed E-state index contributed by atoms with van der Waals surface area (Å²) < 4.78 is 0. The molecule has 66 valence electrons. The average Bonchev–Trinajstić information content (AvgIpc) is 1.82. The van der Waals surface area contributed by atoms with Gasteiger partial charge in [-0.2, -0.15) is 0 Å². The van der Waals surface area contributed by atoms with Crippen LogP contribution in [-0.4, -0.2) is 41.9 Å². The van der Waals surface area contributed by atoms with Crippen molar-refractivity contribution < 1.29 is 5.11 Å². The largest absolute Gasteiger partial charge is 0.384 e. The van der Waals surface area contributed by atoms with Gasteiger partial charge >= 0.3 is 0 Å². The van der Waals surface area contributed by atoms with Gasteiger partial charge in [0.1, 0.15) is 0 Å². The van der Waals surface area contributed by atoms with E-state index in [1.165, 1.54) is 0 Å². The summed E-state index contributed by atoms with van der Waals surface area (Å²) >= 11 is 0. The molecule has 0 rings (SSSR count). The molecule has 0 radical (unpaired) electrons. The Morgan fingerprint density at radius 2 is 1.64 bits per heavy atom. The van der Waals surface area contributed by atoms with Crippen LogP contribution in [0.25, 0.3) is 0 Å². The molecule has 0 atom stereocenters. The van der Waals surface area contributed by atoms with Crippen molar-refractivity contribution >= 4 is 0 Å². The molecular formula is C8H18N2O. The lowest BCUT2D eigenvalue weighted by Crippen LogP contribution is -2.40. The van der Waals surface area contributed by atoms with Crippen molar-refractivity contribution in [1.29, 1.82) is 0 Å². The zero-order chi connectivity index (χ0) is 9.23. The second kappa shape index (κ2) is 3.24. The number of hydrogen-bond donors (Lipinski definition) is 1. The smallest absolute Gasteiger partial charge is 0.0994 e. The standard InChI is InChI=1S/C8H18N2O/c1-7(8(2,3)11)10(6)9(4)5/h11H,1H2,2-6H3. The lowest BCUT2D eigenvalue weighted by Gasteiger charge is -2.34. The molecular weight excluding hydrogens is 140 g/mol. The fourth-order valence-electron chi connectivity index (χ4n) is 0.637. The van der Waals surface area contributed by atoms with E-state index in [4.69, 9.17) is 0 Å². The number of aliphatic hydroxyl groups is 1. The van der Waals surface area contributed by atoms with Gasteiger partial charge in [-0.15, -0.1) is 0 Å². The zero-order valence-electron chi connectivity index (χ0n) is 8.05. The third-order valence-electron chi connectivity index (χ3n) is 1.70. The predicted molar refractivity (Wildman–Crippen MR) is 46.9 cm³/mol. The van der Waals surface area contributed by atoms with E-state index in [2.05, 4.69) is 6.58 Å². The minimum Gasteiger partial charge on any atom is -0.384 e. The fourth-order valence-corrected chi connectivity index (χ4v) is 0.637. The first-order valence-corrected chi connectivity index (χ1v) is 3.59. The Balaban J connectivity index is 4.26. The average molecular weight is 158 g/mol. The molecule has 0 saturated heterocycles. The van der Waals surface area contributed by atoms with Crippen molar-refractivity contribution in [3.8, 4) is 0 Å². The van der Waals surface area contributed by atoms with E-state index in [0.29, 0.717) is 5.70 Å². The van der Waals surface area contributed by atoms with Gasteiger partial charge in [-0.1, -0.05) is 6.58 Å². The maximum absolute atomic E-state index is 9.54. The van der Waals surface area contributed by atoms with Gasteiger partial charge in [0.05, 0.1) is 11.3 Å². The van der Waals surface area contributed by atoms with Crippen molar-refractivity contribution in [2.75, 3.05) is 21.1 Å². The second-order valence-corrected chi connectivity index (χ2v) is 3.38. The molecule has 0 bridgehead atoms. The summed E-state index contributed by atoms with van der Waals surface area (Å²) in [6.07, 6.45) is 0. The number of likely N-dealkylation sites (N-methyl/N-ethyl adjacent to an activating group) is 1. The van der Waals surface area contributed by atoms with Gasteiger partial charge in [-0.05, 0) is 13.8 Å². The Morgan fingerprint density at radius 1 is 1.27 bits per heavy atom. The van der Waals surface area contributed by atoms with Crippen LogP contribution in [0.3, 0.4) is 0 Å². The summed E-state index contributed by atoms with van der Waals surface area (Å²) in [5, 5.41) is 13.2. The summed E-state index contributed by atoms with van der Waals surface area (Å²) in [6.45, 7) is 7.22. The highest BCUT2D eigenvalue weighted by molar-refractivity contribution is 5.05. The normalized spacial score (nSPS) is 11.9. The lowest BCUT2D eigenvalue weighted by atomic mass is 10.1. The SMILES string of the molecule is C=C(N(C)N(C)C)C(C)(C)O. The molecule has 0 heterocycles. The quantitative estimate of drug-likeness (QED) is 0.612. The summed E-state index contributed by atoms with van der Waals surface area (Å²) in [6, 6.07) is 0. The topological polar surface area (TPSA) is 26.7 Å². The van der Waals surface area contributed by atoms with Gasteiger partial charge in [0.15, 0.2) is 0 Å². The molecule has 0 spiro atoms. The van der Waals surface area contributed by atoms with E-state index >= 15 is 0 Å². The Morgan fingerprint density at radius 3 is 1.73 bits per heavy atom. The highest BCUT2D eigenvalue weighted by Crippen LogP contribution is 2.16. The van der Waals surface area contributed by atoms with E-state index in [-0.39, 0.29) is 0 Å². The highest BCUT2D eigenvalue weighted by atomic mass is 16.3. The molecule has 11 heavy (non-hydrogen) atoms. The van der Waals surface area contributed by atoms with Crippen LogP contribution >= 0.6 is 0 Å². The zero-order valence-corrected chi connectivity index (χ0v) is 8.05. The number of hydrogen-bond acceptors (Lipinski definition) is 3. The minimum atomic E-state index is -0.848. The molecule has 0 fully saturated rings. The number of rotatable bonds is 3. The summed E-state index contributed by atoms with van der Waals surface area (Å²) in [5.41, 5.74) is -0.165. The van der Waals surface area contributed by atoms with E-state index in [9.17, 15) is 5.11 Å². The molecule has 1 N–H and O–H groups in total. The molecule has 0 aromatic heterocycles. The third kappa shape index (κ3) is 2.91. The summed E-state index contributed by atoms with van der Waals surface area (Å²) in [4.78, 5) is 0. The molecule has 0 aromatic rings. The molecule has 0 amide bonds. The monoisotopic (exact) mass is 158 g/mol. The van der Waals surface area contributed by atoms with E-state index in [1.807, 2.05) is 26.2 Å². The Hall–Kier alpha value is -0.540. The van der Waals surface area contributed by atoms with Crippen molar-refractivity contribution in [3.05, 3.63) is 12.3 Å². The van der Waals surface area contributed by atoms with Crippen LogP contribution in [-0.2, 0) is 0 Å². The lowest BCUT2D eigenvalue weighted by molar-refractivity contribution is 0.0187. The third-order valence-corrected chi connectivity index (χ3v) is 1.70. The van der Waals surface area contributed by atoms with Gasteiger partial charge in [0.2, 0.25) is 0 Å². The molecule has 0 unspecified atom stereocenters. The fraction of sp³-hybridized carbons (Fsp3) is 0.750. The Kier molecular flexibility index (Phi) is 3.08. The van der Waals surface area contributed by atoms with Crippen molar-refractivity contribution in [2.24, 2.45) is 0 Å². The molecule has 3 nitrogen and oxygen atoms in total. The Bertz CT molecular complexity index is 147. The highest BCUT2D eigenvalue weighted by Gasteiger charge is 2.21. The van der Waals surface area contributed by atoms with Crippen LogP contribution in [0.5, 0.6) is 0 Å². The van der Waals surface area contributed by atoms with Gasteiger partial charge < -0.3 is 10.1 Å². The van der Waals surface area contributed by atoms with E-state index in [0.717, 1.165) is 0 Å². The Labute approximate surface area is 68.9 Å². The van der Waals surface area contributed by atoms with Crippen LogP contribution in [0.4, 0.5) is 0 Å². The van der Waals surface area contributed by atoms with Crippen LogP contribution in [0.1, 0.15) is 13.8 Å². The van der Waals surface area contributed by atoms with Crippen molar-refractivity contribution in [1.82, 2.24) is 10.0 Å². The van der Waals surface area contributed by atoms with Crippen LogP contribution in [0, 0.1) is 0 Å². The first-order valence-electron chi connectivity index (χ1n) is 3.59. The molecule has 0 saturated carbocycles. The van der Waals surface area contributed by atoms with Crippen LogP contribution < -0.4 is 0 Å². The maximum atomic E-state index is 9.54. The first kappa shape index (κ1) is 10.5. The second-order valence-electron chi connectivity index (χ2n) is 3.38. The minimum absolute atomic E-state index is 0.683. The maximum Gasteiger partial charge on any atom is 0.0994 e. The van der Waals surface area contributed by atoms with Gasteiger partial charge in [-0.25, -0.2) is 5.01 Å². The van der Waals surface area contributed by atoms with Crippen LogP contribution in [0.2, 0.25) is 0 Å². The summed E-state index contributed by atoms with van der Waals surface area (Å²) in [7, 11) is 5.66. The van der Waals surface area contributed by atoms with E-state index in [1.54, 1.807) is 18.9 Å². The summed E-state index contributed by atoms with van der Waals surface area (Å²) in [5.74, 6) is 0. The van der Waals surface area contributed by atoms with Gasteiger partial charge in [0, 0.05) is 21.1 Å². The van der Waals surface area contributed by atoms with Crippen molar-refractivity contribution in [2.45, 2.75) is 19.4 Å². The van der Waals surface area contributed by atoms with Crippen molar-refractivity contribution in [3.63, 3.8) is 0 Å². The molecule has 0 aliphatic heterocycles. The first-order chi connectivity index (χ1) is 4.76. The van der Waals surface area contributed by atoms with Gasteiger partial charge in [0.25, 0.3) is 0 Å². The van der Waals surface area contributed by atoms with E-state index < -0.39 is 5.60 Å². The number of nitrogens with zero attached hydrogens (tertiary/aromatic N) is 2. The number of hydrazine groups is 1. The molecule has 0 aromatic carbocycles. The predicted octanol–water partition coefficient (Wildman–Crippen LogP) is 0.679. The van der Waals surface area contributed by atoms with Gasteiger partial charge in [-0.3, -0.25) is 0 Å². The molecule has 3 heteroatoms. The molecule has 0 aliphatic carbocycles. The van der Waals surface area contributed by atoms with Crippen LogP contribution in [0.15, 0.2) is 12.3 Å². The molecule has 0 aliphatic rings.